The van der Waals surface area contributed by atoms with Crippen molar-refractivity contribution in [1.29, 1.82) is 5.26 Å². The highest BCUT2D eigenvalue weighted by Gasteiger charge is 2.06. The van der Waals surface area contributed by atoms with E-state index < -0.39 is 0 Å². The molecule has 0 saturated heterocycles. The van der Waals surface area contributed by atoms with Crippen molar-refractivity contribution in [2.45, 2.75) is 12.8 Å². The summed E-state index contributed by atoms with van der Waals surface area (Å²) in [6, 6.07) is 16.7. The van der Waals surface area contributed by atoms with Crippen LogP contribution in [-0.4, -0.2) is 12.5 Å². The van der Waals surface area contributed by atoms with Crippen molar-refractivity contribution in [2.75, 3.05) is 11.9 Å². The van der Waals surface area contributed by atoms with E-state index in [-0.39, 0.29) is 5.91 Å². The number of nitriles is 1. The summed E-state index contributed by atoms with van der Waals surface area (Å²) >= 11 is 2.20. The lowest BCUT2D eigenvalue weighted by Gasteiger charge is -2.09. The van der Waals surface area contributed by atoms with Crippen molar-refractivity contribution in [3.05, 3.63) is 57.7 Å². The van der Waals surface area contributed by atoms with Crippen LogP contribution in [0.25, 0.3) is 0 Å². The molecule has 0 radical (unpaired) electrons. The molecule has 1 N–H and O–H groups in total. The zero-order chi connectivity index (χ0) is 15.8. The molecule has 0 aliphatic carbocycles. The van der Waals surface area contributed by atoms with Crippen molar-refractivity contribution in [3.63, 3.8) is 0 Å². The summed E-state index contributed by atoms with van der Waals surface area (Å²) in [6.45, 7) is 0.488. The minimum absolute atomic E-state index is 0.155. The minimum atomic E-state index is -0.155. The second-order valence-electron chi connectivity index (χ2n) is 4.60. The summed E-state index contributed by atoms with van der Waals surface area (Å²) in [5.41, 5.74) is 1.29. The van der Waals surface area contributed by atoms with Crippen molar-refractivity contribution in [2.24, 2.45) is 0 Å². The first-order valence-corrected chi connectivity index (χ1v) is 7.93. The number of carbonyl (C=O) groups excluding carboxylic acids is 1. The van der Waals surface area contributed by atoms with E-state index in [1.54, 1.807) is 18.2 Å². The third-order valence-corrected chi connectivity index (χ3v) is 3.62. The van der Waals surface area contributed by atoms with Gasteiger partial charge < -0.3 is 10.1 Å². The van der Waals surface area contributed by atoms with Gasteiger partial charge in [0.15, 0.2) is 0 Å². The number of amides is 1. The van der Waals surface area contributed by atoms with Gasteiger partial charge in [-0.05, 0) is 65.4 Å². The van der Waals surface area contributed by atoms with E-state index in [0.717, 1.165) is 3.57 Å². The summed E-state index contributed by atoms with van der Waals surface area (Å²) in [5, 5.41) is 11.3. The van der Waals surface area contributed by atoms with E-state index in [4.69, 9.17) is 10.00 Å². The largest absolute Gasteiger partial charge is 0.493 e. The first-order chi connectivity index (χ1) is 10.7. The molecule has 0 bridgehead atoms. The Morgan fingerprint density at radius 2 is 2.00 bits per heavy atom. The first-order valence-electron chi connectivity index (χ1n) is 6.86. The maximum atomic E-state index is 12.1. The van der Waals surface area contributed by atoms with Gasteiger partial charge in [0.25, 0.3) is 5.91 Å². The molecule has 5 heteroatoms. The van der Waals surface area contributed by atoms with Gasteiger partial charge in [-0.15, -0.1) is 0 Å². The molecule has 1 amide bonds. The normalized spacial score (nSPS) is 9.82. The lowest BCUT2D eigenvalue weighted by atomic mass is 10.2. The average molecular weight is 406 g/mol. The van der Waals surface area contributed by atoms with Crippen molar-refractivity contribution >= 4 is 34.2 Å². The number of ether oxygens (including phenoxy) is 1. The van der Waals surface area contributed by atoms with Crippen LogP contribution in [0.3, 0.4) is 0 Å². The molecule has 0 heterocycles. The van der Waals surface area contributed by atoms with Gasteiger partial charge in [0.1, 0.15) is 5.75 Å². The molecule has 0 fully saturated rings. The van der Waals surface area contributed by atoms with E-state index in [1.165, 1.54) is 0 Å². The van der Waals surface area contributed by atoms with Crippen molar-refractivity contribution < 1.29 is 9.53 Å². The van der Waals surface area contributed by atoms with Gasteiger partial charge in [-0.25, -0.2) is 0 Å². The van der Waals surface area contributed by atoms with Crippen LogP contribution in [-0.2, 0) is 0 Å². The minimum Gasteiger partial charge on any atom is -0.493 e. The standard InChI is InChI=1S/C17H15IN2O2/c18-14-8-6-13(7-9-14)17(21)20-15-4-3-5-16(12-15)22-11-2-1-10-19/h3-9,12H,1-2,11H2,(H,20,21). The fraction of sp³-hybridized carbons (Fsp3) is 0.176. The Balaban J connectivity index is 1.96. The monoisotopic (exact) mass is 406 g/mol. The topological polar surface area (TPSA) is 62.1 Å². The maximum absolute atomic E-state index is 12.1. The van der Waals surface area contributed by atoms with Crippen LogP contribution >= 0.6 is 22.6 Å². The van der Waals surface area contributed by atoms with Gasteiger partial charge in [-0.2, -0.15) is 5.26 Å². The number of nitrogens with zero attached hydrogens (tertiary/aromatic N) is 1. The van der Waals surface area contributed by atoms with Gasteiger partial charge in [-0.1, -0.05) is 6.07 Å². The van der Waals surface area contributed by atoms with E-state index in [1.807, 2.05) is 30.3 Å². The lowest BCUT2D eigenvalue weighted by Crippen LogP contribution is -2.11. The Bertz CT molecular complexity index is 678. The molecular weight excluding hydrogens is 391 g/mol. The zero-order valence-electron chi connectivity index (χ0n) is 11.9. The summed E-state index contributed by atoms with van der Waals surface area (Å²) in [4.78, 5) is 12.1. The first kappa shape index (κ1) is 16.3. The SMILES string of the molecule is N#CCCCOc1cccc(NC(=O)c2ccc(I)cc2)c1. The van der Waals surface area contributed by atoms with E-state index in [2.05, 4.69) is 34.0 Å². The maximum Gasteiger partial charge on any atom is 0.255 e. The fourth-order valence-electron chi connectivity index (χ4n) is 1.81. The molecule has 0 spiro atoms. The van der Waals surface area contributed by atoms with Gasteiger partial charge in [0.05, 0.1) is 12.7 Å². The molecule has 112 valence electrons. The zero-order valence-corrected chi connectivity index (χ0v) is 14.0. The molecule has 4 nitrogen and oxygen atoms in total. The molecule has 22 heavy (non-hydrogen) atoms. The molecule has 2 aromatic rings. The fourth-order valence-corrected chi connectivity index (χ4v) is 2.17. The molecule has 0 aliphatic heterocycles. The highest BCUT2D eigenvalue weighted by Crippen LogP contribution is 2.18. The van der Waals surface area contributed by atoms with Gasteiger partial charge in [0, 0.05) is 27.3 Å². The number of halogens is 1. The number of benzene rings is 2. The Labute approximate surface area is 143 Å². The highest BCUT2D eigenvalue weighted by molar-refractivity contribution is 14.1. The number of nitrogens with one attached hydrogen (secondary N) is 1. The van der Waals surface area contributed by atoms with Crippen LogP contribution in [0.5, 0.6) is 5.75 Å². The number of anilines is 1. The molecule has 0 atom stereocenters. The number of hydrogen-bond donors (Lipinski definition) is 1. The molecule has 2 rings (SSSR count). The number of hydrogen-bond acceptors (Lipinski definition) is 3. The number of rotatable bonds is 6. The summed E-state index contributed by atoms with van der Waals surface area (Å²) in [5.74, 6) is 0.524. The lowest BCUT2D eigenvalue weighted by molar-refractivity contribution is 0.102. The Hall–Kier alpha value is -2.07. The van der Waals surface area contributed by atoms with Crippen LogP contribution < -0.4 is 10.1 Å². The van der Waals surface area contributed by atoms with Crippen LogP contribution in [0, 0.1) is 14.9 Å². The summed E-state index contributed by atoms with van der Waals surface area (Å²) < 4.78 is 6.63. The van der Waals surface area contributed by atoms with Crippen molar-refractivity contribution in [3.8, 4) is 11.8 Å². The van der Waals surface area contributed by atoms with E-state index >= 15 is 0 Å². The summed E-state index contributed by atoms with van der Waals surface area (Å²) in [7, 11) is 0. The van der Waals surface area contributed by atoms with Gasteiger partial charge in [0.2, 0.25) is 0 Å². The Kier molecular flexibility index (Phi) is 6.22. The third-order valence-electron chi connectivity index (χ3n) is 2.90. The number of unbranched alkanes of at least 4 members (excludes halogenated alkanes) is 1. The van der Waals surface area contributed by atoms with Gasteiger partial charge in [-0.3, -0.25) is 4.79 Å². The molecule has 0 saturated carbocycles. The smallest absolute Gasteiger partial charge is 0.255 e. The van der Waals surface area contributed by atoms with Crippen LogP contribution in [0.15, 0.2) is 48.5 Å². The van der Waals surface area contributed by atoms with Crippen molar-refractivity contribution in [1.82, 2.24) is 0 Å². The summed E-state index contributed by atoms with van der Waals surface area (Å²) in [6.07, 6.45) is 1.17. The average Bonchev–Trinajstić information content (AvgIpc) is 2.52. The molecule has 0 aromatic heterocycles. The Morgan fingerprint density at radius 3 is 2.73 bits per heavy atom. The third kappa shape index (κ3) is 5.04. The number of carbonyl (C=O) groups is 1. The quantitative estimate of drug-likeness (QED) is 0.577. The van der Waals surface area contributed by atoms with E-state index in [9.17, 15) is 4.79 Å². The molecular formula is C17H15IN2O2. The predicted molar refractivity (Wildman–Crippen MR) is 93.9 cm³/mol. The molecule has 0 unspecified atom stereocenters. The molecule has 0 aliphatic rings. The second-order valence-corrected chi connectivity index (χ2v) is 5.84. The second kappa shape index (κ2) is 8.39. The Morgan fingerprint density at radius 1 is 1.23 bits per heavy atom. The van der Waals surface area contributed by atoms with Crippen LogP contribution in [0.4, 0.5) is 5.69 Å². The van der Waals surface area contributed by atoms with Gasteiger partial charge >= 0.3 is 0 Å². The highest BCUT2D eigenvalue weighted by atomic mass is 127. The van der Waals surface area contributed by atoms with E-state index in [0.29, 0.717) is 36.4 Å². The van der Waals surface area contributed by atoms with Crippen LogP contribution in [0.2, 0.25) is 0 Å². The predicted octanol–water partition coefficient (Wildman–Crippen LogP) is 4.23. The van der Waals surface area contributed by atoms with Crippen LogP contribution in [0.1, 0.15) is 23.2 Å². The molecule has 2 aromatic carbocycles.